The summed E-state index contributed by atoms with van der Waals surface area (Å²) in [5.74, 6) is -0.169. The first-order valence-corrected chi connectivity index (χ1v) is 9.54. The minimum atomic E-state index is -0.169. The molecule has 2 heterocycles. The highest BCUT2D eigenvalue weighted by atomic mass is 35.5. The van der Waals surface area contributed by atoms with Gasteiger partial charge in [0.25, 0.3) is 5.91 Å². The number of halogens is 1. The number of fused-ring (bicyclic) bond motifs is 1. The van der Waals surface area contributed by atoms with E-state index in [0.29, 0.717) is 5.56 Å². The lowest BCUT2D eigenvalue weighted by Gasteiger charge is -2.26. The molecule has 1 fully saturated rings. The third-order valence-corrected chi connectivity index (χ3v) is 5.64. The van der Waals surface area contributed by atoms with Gasteiger partial charge in [-0.15, -0.1) is 0 Å². The molecule has 1 amide bonds. The van der Waals surface area contributed by atoms with Crippen LogP contribution in [0, 0.1) is 6.92 Å². The molecule has 0 aliphatic carbocycles. The van der Waals surface area contributed by atoms with Crippen molar-refractivity contribution in [2.24, 2.45) is 0 Å². The Hall–Kier alpha value is -2.43. The lowest BCUT2D eigenvalue weighted by Crippen LogP contribution is -2.39. The van der Waals surface area contributed by atoms with Crippen LogP contribution in [-0.4, -0.2) is 35.4 Å². The van der Waals surface area contributed by atoms with Gasteiger partial charge in [0.05, 0.1) is 23.2 Å². The summed E-state index contributed by atoms with van der Waals surface area (Å²) < 4.78 is 0. The molecule has 1 saturated heterocycles. The average molecular weight is 380 g/mol. The van der Waals surface area contributed by atoms with Crippen LogP contribution in [0.2, 0.25) is 5.15 Å². The summed E-state index contributed by atoms with van der Waals surface area (Å²) in [5, 5.41) is 4.36. The van der Waals surface area contributed by atoms with Crippen LogP contribution in [0.3, 0.4) is 0 Å². The second kappa shape index (κ2) is 7.29. The Kier molecular flexibility index (Phi) is 4.85. The van der Waals surface area contributed by atoms with Crippen LogP contribution < -0.4 is 5.32 Å². The van der Waals surface area contributed by atoms with Crippen molar-refractivity contribution < 1.29 is 4.79 Å². The largest absolute Gasteiger partial charge is 0.347 e. The molecular formula is C22H22ClN3O. The number of nitrogens with one attached hydrogen (secondary N) is 1. The molecule has 1 aliphatic heterocycles. The summed E-state index contributed by atoms with van der Waals surface area (Å²) in [7, 11) is 2.09. The predicted molar refractivity (Wildman–Crippen MR) is 109 cm³/mol. The van der Waals surface area contributed by atoms with Gasteiger partial charge in [-0.3, -0.25) is 9.69 Å². The Morgan fingerprint density at radius 2 is 1.96 bits per heavy atom. The molecule has 0 saturated carbocycles. The van der Waals surface area contributed by atoms with Crippen LogP contribution in [0.15, 0.2) is 54.6 Å². The van der Waals surface area contributed by atoms with Gasteiger partial charge in [0.2, 0.25) is 0 Å². The quantitative estimate of drug-likeness (QED) is 0.687. The molecule has 0 radical (unpaired) electrons. The Labute approximate surface area is 164 Å². The van der Waals surface area contributed by atoms with Crippen LogP contribution in [0.4, 0.5) is 0 Å². The van der Waals surface area contributed by atoms with Crippen LogP contribution in [-0.2, 0) is 0 Å². The summed E-state index contributed by atoms with van der Waals surface area (Å²) in [6, 6.07) is 18.2. The van der Waals surface area contributed by atoms with Crippen molar-refractivity contribution in [3.05, 3.63) is 76.4 Å². The molecule has 2 unspecified atom stereocenters. The Morgan fingerprint density at radius 3 is 2.74 bits per heavy atom. The smallest absolute Gasteiger partial charge is 0.254 e. The number of carbonyl (C=O) groups excluding carboxylic acids is 1. The third-order valence-electron chi connectivity index (χ3n) is 5.35. The molecule has 2 aromatic carbocycles. The molecule has 5 heteroatoms. The standard InChI is InChI=1S/C22H22ClN3O/c1-14-7-6-10-16-13-17(21(23)25-19(14)16)22(27)24-18-11-12-26(2)20(18)15-8-4-3-5-9-15/h3-10,13,18,20H,11-12H2,1-2H3,(H,24,27). The summed E-state index contributed by atoms with van der Waals surface area (Å²) in [4.78, 5) is 19.7. The van der Waals surface area contributed by atoms with Crippen molar-refractivity contribution >= 4 is 28.4 Å². The van der Waals surface area contributed by atoms with Gasteiger partial charge in [0.15, 0.2) is 0 Å². The lowest BCUT2D eigenvalue weighted by atomic mass is 10.00. The number of aromatic nitrogens is 1. The number of carbonyl (C=O) groups is 1. The molecule has 1 aliphatic rings. The number of likely N-dealkylation sites (tertiary alicyclic amines) is 1. The maximum atomic E-state index is 13.0. The molecule has 4 nitrogen and oxygen atoms in total. The van der Waals surface area contributed by atoms with Gasteiger partial charge in [-0.05, 0) is 37.6 Å². The number of benzene rings is 2. The highest BCUT2D eigenvalue weighted by Crippen LogP contribution is 2.31. The molecule has 27 heavy (non-hydrogen) atoms. The van der Waals surface area contributed by atoms with Gasteiger partial charge in [-0.2, -0.15) is 0 Å². The number of pyridine rings is 1. The maximum absolute atomic E-state index is 13.0. The van der Waals surface area contributed by atoms with Crippen LogP contribution in [0.25, 0.3) is 10.9 Å². The van der Waals surface area contributed by atoms with Gasteiger partial charge in [-0.25, -0.2) is 4.98 Å². The third kappa shape index (κ3) is 3.43. The minimum absolute atomic E-state index is 0.0363. The van der Waals surface area contributed by atoms with E-state index in [0.717, 1.165) is 29.4 Å². The molecule has 3 aromatic rings. The zero-order valence-electron chi connectivity index (χ0n) is 15.4. The average Bonchev–Trinajstić information content (AvgIpc) is 3.03. The number of hydrogen-bond donors (Lipinski definition) is 1. The van der Waals surface area contributed by atoms with E-state index in [1.807, 2.05) is 49.4 Å². The van der Waals surface area contributed by atoms with Gasteiger partial charge < -0.3 is 5.32 Å². The molecule has 1 aromatic heterocycles. The summed E-state index contributed by atoms with van der Waals surface area (Å²) in [5.41, 5.74) is 3.52. The number of amides is 1. The SMILES string of the molecule is Cc1cccc2cc(C(=O)NC3CCN(C)C3c3ccccc3)c(Cl)nc12. The maximum Gasteiger partial charge on any atom is 0.254 e. The van der Waals surface area contributed by atoms with E-state index in [1.165, 1.54) is 5.56 Å². The summed E-state index contributed by atoms with van der Waals surface area (Å²) in [6.07, 6.45) is 0.902. The second-order valence-electron chi connectivity index (χ2n) is 7.18. The zero-order chi connectivity index (χ0) is 19.0. The van der Waals surface area contributed by atoms with Crippen molar-refractivity contribution in [1.82, 2.24) is 15.2 Å². The molecule has 0 bridgehead atoms. The van der Waals surface area contributed by atoms with Crippen molar-refractivity contribution in [3.63, 3.8) is 0 Å². The summed E-state index contributed by atoms with van der Waals surface area (Å²) >= 11 is 6.36. The van der Waals surface area contributed by atoms with Crippen LogP contribution >= 0.6 is 11.6 Å². The molecule has 138 valence electrons. The van der Waals surface area contributed by atoms with Gasteiger partial charge in [0, 0.05) is 11.9 Å². The van der Waals surface area contributed by atoms with Crippen LogP contribution in [0.1, 0.15) is 33.9 Å². The van der Waals surface area contributed by atoms with E-state index >= 15 is 0 Å². The summed E-state index contributed by atoms with van der Waals surface area (Å²) in [6.45, 7) is 2.93. The second-order valence-corrected chi connectivity index (χ2v) is 7.54. The highest BCUT2D eigenvalue weighted by molar-refractivity contribution is 6.33. The monoisotopic (exact) mass is 379 g/mol. The van der Waals surface area contributed by atoms with E-state index in [2.05, 4.69) is 34.4 Å². The van der Waals surface area contributed by atoms with E-state index < -0.39 is 0 Å². The number of aryl methyl sites for hydroxylation is 1. The first-order chi connectivity index (χ1) is 13.0. The number of rotatable bonds is 3. The Morgan fingerprint density at radius 1 is 1.19 bits per heavy atom. The molecular weight excluding hydrogens is 358 g/mol. The normalized spacial score (nSPS) is 20.1. The molecule has 2 atom stereocenters. The predicted octanol–water partition coefficient (Wildman–Crippen LogP) is 4.37. The Balaban J connectivity index is 1.62. The van der Waals surface area contributed by atoms with Crippen molar-refractivity contribution in [2.75, 3.05) is 13.6 Å². The van der Waals surface area contributed by atoms with Crippen molar-refractivity contribution in [2.45, 2.75) is 25.4 Å². The number of para-hydroxylation sites is 1. The van der Waals surface area contributed by atoms with E-state index in [-0.39, 0.29) is 23.1 Å². The highest BCUT2D eigenvalue weighted by Gasteiger charge is 2.34. The van der Waals surface area contributed by atoms with E-state index in [1.54, 1.807) is 0 Å². The van der Waals surface area contributed by atoms with Crippen molar-refractivity contribution in [1.29, 1.82) is 0 Å². The van der Waals surface area contributed by atoms with Crippen molar-refractivity contribution in [3.8, 4) is 0 Å². The number of likely N-dealkylation sites (N-methyl/N-ethyl adjacent to an activating group) is 1. The number of nitrogens with zero attached hydrogens (tertiary/aromatic N) is 2. The zero-order valence-corrected chi connectivity index (χ0v) is 16.2. The fourth-order valence-electron chi connectivity index (χ4n) is 3.96. The molecule has 4 rings (SSSR count). The fraction of sp³-hybridized carbons (Fsp3) is 0.273. The Bertz CT molecular complexity index is 990. The first-order valence-electron chi connectivity index (χ1n) is 9.16. The van der Waals surface area contributed by atoms with E-state index in [9.17, 15) is 4.79 Å². The van der Waals surface area contributed by atoms with Crippen LogP contribution in [0.5, 0.6) is 0 Å². The van der Waals surface area contributed by atoms with E-state index in [4.69, 9.17) is 11.6 Å². The minimum Gasteiger partial charge on any atom is -0.347 e. The first kappa shape index (κ1) is 18.0. The van der Waals surface area contributed by atoms with Gasteiger partial charge >= 0.3 is 0 Å². The topological polar surface area (TPSA) is 45.2 Å². The lowest BCUT2D eigenvalue weighted by molar-refractivity contribution is 0.0927. The van der Waals surface area contributed by atoms with Gasteiger partial charge in [-0.1, -0.05) is 60.1 Å². The molecule has 1 N–H and O–H groups in total. The molecule has 0 spiro atoms. The number of hydrogen-bond acceptors (Lipinski definition) is 3. The van der Waals surface area contributed by atoms with Gasteiger partial charge in [0.1, 0.15) is 5.15 Å². The fourth-order valence-corrected chi connectivity index (χ4v) is 4.19.